The first kappa shape index (κ1) is 35.5. The van der Waals surface area contributed by atoms with Gasteiger partial charge in [-0.1, -0.05) is 170 Å². The highest BCUT2D eigenvalue weighted by Crippen LogP contribution is 2.41. The van der Waals surface area contributed by atoms with Crippen molar-refractivity contribution in [2.75, 3.05) is 0 Å². The molecule has 5 heteroatoms. The van der Waals surface area contributed by atoms with E-state index in [1.165, 1.54) is 32.6 Å². The minimum atomic E-state index is 0.613. The maximum absolute atomic E-state index is 5.19. The van der Waals surface area contributed by atoms with Gasteiger partial charge in [0.2, 0.25) is 0 Å². The van der Waals surface area contributed by atoms with Gasteiger partial charge in [0.1, 0.15) is 0 Å². The molecule has 3 aromatic heterocycles. The molecule has 0 spiro atoms. The Labute approximate surface area is 358 Å². The van der Waals surface area contributed by atoms with Gasteiger partial charge in [-0.05, 0) is 71.3 Å². The van der Waals surface area contributed by atoms with Crippen molar-refractivity contribution in [3.63, 3.8) is 0 Å². The van der Waals surface area contributed by atoms with E-state index in [0.717, 1.165) is 61.4 Å². The highest BCUT2D eigenvalue weighted by atomic mass is 15.0. The fourth-order valence-electron chi connectivity index (χ4n) is 9.12. The lowest BCUT2D eigenvalue weighted by Gasteiger charge is -2.14. The molecule has 9 aromatic carbocycles. The van der Waals surface area contributed by atoms with Crippen molar-refractivity contribution in [2.45, 2.75) is 0 Å². The molecule has 0 N–H and O–H groups in total. The highest BCUT2D eigenvalue weighted by molar-refractivity contribution is 6.15. The first-order valence-corrected chi connectivity index (χ1v) is 20.9. The van der Waals surface area contributed by atoms with E-state index in [1.54, 1.807) is 0 Å². The molecule has 5 nitrogen and oxygen atoms in total. The SMILES string of the molecule is c1ccc(-c2cccc(-c3nc(-c4ccccc4)nc(-c4cccc(-n5c6ccccc6c6cccc(-c7ccc8c(c7)c7ccccc7n8-c7ccccc7)c65)c4)n3)c2)cc1. The van der Waals surface area contributed by atoms with Crippen LogP contribution in [0.3, 0.4) is 0 Å². The molecule has 0 saturated heterocycles. The minimum absolute atomic E-state index is 0.613. The number of para-hydroxylation sites is 4. The second-order valence-corrected chi connectivity index (χ2v) is 15.6. The molecule has 290 valence electrons. The number of hydrogen-bond acceptors (Lipinski definition) is 3. The Morgan fingerprint density at radius 1 is 0.258 bits per heavy atom. The van der Waals surface area contributed by atoms with Crippen molar-refractivity contribution in [2.24, 2.45) is 0 Å². The van der Waals surface area contributed by atoms with Crippen molar-refractivity contribution >= 4 is 43.6 Å². The summed E-state index contributed by atoms with van der Waals surface area (Å²) >= 11 is 0. The monoisotopic (exact) mass is 791 g/mol. The van der Waals surface area contributed by atoms with E-state index < -0.39 is 0 Å². The van der Waals surface area contributed by atoms with Crippen molar-refractivity contribution in [1.29, 1.82) is 0 Å². The maximum atomic E-state index is 5.19. The number of hydrogen-bond donors (Lipinski definition) is 0. The molecule has 0 fully saturated rings. The largest absolute Gasteiger partial charge is 0.309 e. The Hall–Kier alpha value is -8.41. The molecular formula is C57H37N5. The van der Waals surface area contributed by atoms with Crippen LogP contribution >= 0.6 is 0 Å². The maximum Gasteiger partial charge on any atom is 0.164 e. The molecule has 0 bridgehead atoms. The Balaban J connectivity index is 1.04. The van der Waals surface area contributed by atoms with Crippen LogP contribution in [0.1, 0.15) is 0 Å². The summed E-state index contributed by atoms with van der Waals surface area (Å²) in [5.74, 6) is 1.87. The average molecular weight is 792 g/mol. The van der Waals surface area contributed by atoms with Crippen molar-refractivity contribution in [1.82, 2.24) is 24.1 Å². The van der Waals surface area contributed by atoms with E-state index in [9.17, 15) is 0 Å². The van der Waals surface area contributed by atoms with Crippen LogP contribution in [0.15, 0.2) is 224 Å². The smallest absolute Gasteiger partial charge is 0.164 e. The third kappa shape index (κ3) is 5.98. The lowest BCUT2D eigenvalue weighted by atomic mass is 9.99. The van der Waals surface area contributed by atoms with Gasteiger partial charge in [-0.25, -0.2) is 15.0 Å². The van der Waals surface area contributed by atoms with Gasteiger partial charge in [-0.2, -0.15) is 0 Å². The topological polar surface area (TPSA) is 48.5 Å². The van der Waals surface area contributed by atoms with E-state index in [-0.39, 0.29) is 0 Å². The van der Waals surface area contributed by atoms with Crippen LogP contribution in [-0.2, 0) is 0 Å². The normalized spacial score (nSPS) is 11.5. The highest BCUT2D eigenvalue weighted by Gasteiger charge is 2.20. The van der Waals surface area contributed by atoms with E-state index in [4.69, 9.17) is 15.0 Å². The molecule has 0 amide bonds. The lowest BCUT2D eigenvalue weighted by Crippen LogP contribution is -2.01. The molecule has 0 aliphatic rings. The standard InChI is InChI=1S/C57H37N5/c1-4-17-38(18-5-1)40-21-14-22-42(35-40)56-58-55(39-19-6-2-7-20-39)59-57(60-56)43-23-15-26-45(36-43)62-52-32-13-10-27-47(52)49-30-16-29-46(54(49)62)41-33-34-53-50(37-41)48-28-11-12-31-51(48)61(53)44-24-8-3-9-25-44/h1-37H. The summed E-state index contributed by atoms with van der Waals surface area (Å²) in [6.07, 6.45) is 0. The van der Waals surface area contributed by atoms with Crippen LogP contribution in [0.25, 0.3) is 111 Å². The van der Waals surface area contributed by atoms with Crippen molar-refractivity contribution in [3.05, 3.63) is 224 Å². The van der Waals surface area contributed by atoms with Crippen LogP contribution in [0, 0.1) is 0 Å². The van der Waals surface area contributed by atoms with Crippen LogP contribution < -0.4 is 0 Å². The fraction of sp³-hybridized carbons (Fsp3) is 0. The summed E-state index contributed by atoms with van der Waals surface area (Å²) in [5, 5.41) is 4.84. The molecule has 0 aliphatic heterocycles. The van der Waals surface area contributed by atoms with Crippen LogP contribution in [0.5, 0.6) is 0 Å². The van der Waals surface area contributed by atoms with Crippen molar-refractivity contribution < 1.29 is 0 Å². The van der Waals surface area contributed by atoms with Crippen LogP contribution in [0.2, 0.25) is 0 Å². The zero-order valence-corrected chi connectivity index (χ0v) is 33.6. The summed E-state index contributed by atoms with van der Waals surface area (Å²) < 4.78 is 4.78. The van der Waals surface area contributed by atoms with Gasteiger partial charge in [0.25, 0.3) is 0 Å². The first-order valence-electron chi connectivity index (χ1n) is 20.9. The zero-order chi connectivity index (χ0) is 41.0. The first-order chi connectivity index (χ1) is 30.7. The Bertz CT molecular complexity index is 3620. The van der Waals surface area contributed by atoms with Gasteiger partial charge in [-0.15, -0.1) is 0 Å². The second-order valence-electron chi connectivity index (χ2n) is 15.6. The van der Waals surface area contributed by atoms with Gasteiger partial charge >= 0.3 is 0 Å². The minimum Gasteiger partial charge on any atom is -0.309 e. The third-order valence-electron chi connectivity index (χ3n) is 12.0. The zero-order valence-electron chi connectivity index (χ0n) is 33.6. The molecule has 12 rings (SSSR count). The molecule has 0 aliphatic carbocycles. The van der Waals surface area contributed by atoms with E-state index in [0.29, 0.717) is 17.5 Å². The summed E-state index contributed by atoms with van der Waals surface area (Å²) in [7, 11) is 0. The van der Waals surface area contributed by atoms with Gasteiger partial charge < -0.3 is 9.13 Å². The Kier molecular flexibility index (Phi) is 8.42. The molecule has 12 aromatic rings. The Morgan fingerprint density at radius 3 is 1.47 bits per heavy atom. The van der Waals surface area contributed by atoms with Crippen LogP contribution in [-0.4, -0.2) is 24.1 Å². The number of aromatic nitrogens is 5. The summed E-state index contributed by atoms with van der Waals surface area (Å²) in [5.41, 5.74) is 14.2. The number of rotatable bonds is 7. The predicted octanol–water partition coefficient (Wildman–Crippen LogP) is 14.4. The summed E-state index contributed by atoms with van der Waals surface area (Å²) in [6, 6.07) is 79.3. The molecule has 0 radical (unpaired) electrons. The quantitative estimate of drug-likeness (QED) is 0.162. The second kappa shape index (κ2) is 14.7. The summed E-state index contributed by atoms with van der Waals surface area (Å²) in [4.78, 5) is 15.4. The molecule has 3 heterocycles. The van der Waals surface area contributed by atoms with Gasteiger partial charge in [0.05, 0.1) is 22.1 Å². The van der Waals surface area contributed by atoms with Crippen LogP contribution in [0.4, 0.5) is 0 Å². The number of nitrogens with zero attached hydrogens (tertiary/aromatic N) is 5. The molecule has 0 unspecified atom stereocenters. The number of benzene rings is 9. The molecule has 0 saturated carbocycles. The average Bonchev–Trinajstić information content (AvgIpc) is 3.88. The molecular weight excluding hydrogens is 755 g/mol. The third-order valence-corrected chi connectivity index (χ3v) is 12.0. The molecule has 62 heavy (non-hydrogen) atoms. The van der Waals surface area contributed by atoms with E-state index >= 15 is 0 Å². The lowest BCUT2D eigenvalue weighted by molar-refractivity contribution is 1.07. The molecule has 0 atom stereocenters. The van der Waals surface area contributed by atoms with Gasteiger partial charge in [0.15, 0.2) is 17.5 Å². The van der Waals surface area contributed by atoms with E-state index in [2.05, 4.69) is 209 Å². The van der Waals surface area contributed by atoms with Gasteiger partial charge in [-0.3, -0.25) is 0 Å². The Morgan fingerprint density at radius 2 is 0.742 bits per heavy atom. The van der Waals surface area contributed by atoms with E-state index in [1.807, 2.05) is 24.3 Å². The predicted molar refractivity (Wildman–Crippen MR) is 256 cm³/mol. The number of fused-ring (bicyclic) bond motifs is 6. The summed E-state index contributed by atoms with van der Waals surface area (Å²) in [6.45, 7) is 0. The van der Waals surface area contributed by atoms with Gasteiger partial charge in [0, 0.05) is 55.2 Å². The van der Waals surface area contributed by atoms with Crippen molar-refractivity contribution in [3.8, 4) is 67.8 Å². The fourth-order valence-corrected chi connectivity index (χ4v) is 9.12.